The number of rotatable bonds is 9. The number of ether oxygens (including phenoxy) is 2. The van der Waals surface area contributed by atoms with Crippen molar-refractivity contribution in [2.45, 2.75) is 59.4 Å². The van der Waals surface area contributed by atoms with Crippen LogP contribution >= 0.6 is 24.0 Å². The van der Waals surface area contributed by atoms with Crippen LogP contribution in [0.15, 0.2) is 29.3 Å². The number of nitrogens with one attached hydrogen (secondary N) is 2. The number of benzene rings is 1. The maximum atomic E-state index is 5.71. The summed E-state index contributed by atoms with van der Waals surface area (Å²) in [5.74, 6) is 0.854. The van der Waals surface area contributed by atoms with Crippen molar-refractivity contribution in [1.29, 1.82) is 0 Å². The van der Waals surface area contributed by atoms with Gasteiger partial charge in [-0.3, -0.25) is 4.90 Å². The second kappa shape index (κ2) is 13.4. The molecular formula is C22H39IN4O2. The Bertz CT molecular complexity index is 617. The average Bonchev–Trinajstić information content (AvgIpc) is 2.69. The number of nitrogens with zero attached hydrogens (tertiary/aromatic N) is 2. The first kappa shape index (κ1) is 26.1. The summed E-state index contributed by atoms with van der Waals surface area (Å²) in [6.07, 6.45) is 0.237. The first-order chi connectivity index (χ1) is 13.4. The predicted octanol–water partition coefficient (Wildman–Crippen LogP) is 3.40. The second-order valence-electron chi connectivity index (χ2n) is 8.14. The van der Waals surface area contributed by atoms with Crippen molar-refractivity contribution in [2.75, 3.05) is 39.4 Å². The Morgan fingerprint density at radius 1 is 1.21 bits per heavy atom. The van der Waals surface area contributed by atoms with Gasteiger partial charge in [0.25, 0.3) is 0 Å². The SMILES string of the molecule is CCNC(=NCc1cccc(COC(C)C)c1)NCC(C)(C)N1CCOCC1.I. The van der Waals surface area contributed by atoms with E-state index < -0.39 is 0 Å². The standard InChI is InChI=1S/C22H38N4O2.HI/c1-6-23-21(25-17-22(4,5)26-10-12-27-13-11-26)24-15-19-8-7-9-20(14-19)16-28-18(2)3;/h7-9,14,18H,6,10-13,15-17H2,1-5H3,(H2,23,24,25);1H. The molecule has 1 aliphatic heterocycles. The zero-order valence-corrected chi connectivity index (χ0v) is 21.0. The van der Waals surface area contributed by atoms with E-state index in [1.807, 2.05) is 0 Å². The zero-order valence-electron chi connectivity index (χ0n) is 18.7. The van der Waals surface area contributed by atoms with E-state index in [0.717, 1.165) is 45.4 Å². The number of guanidine groups is 1. The fraction of sp³-hybridized carbons (Fsp3) is 0.682. The molecule has 0 spiro atoms. The van der Waals surface area contributed by atoms with Crippen LogP contribution in [0.1, 0.15) is 45.7 Å². The summed E-state index contributed by atoms with van der Waals surface area (Å²) < 4.78 is 11.2. The molecule has 0 atom stereocenters. The highest BCUT2D eigenvalue weighted by Gasteiger charge is 2.28. The van der Waals surface area contributed by atoms with Gasteiger partial charge in [-0.05, 0) is 45.7 Å². The minimum atomic E-state index is 0. The molecular weight excluding hydrogens is 479 g/mol. The summed E-state index contributed by atoms with van der Waals surface area (Å²) in [6.45, 7) is 17.3. The third kappa shape index (κ3) is 9.63. The highest BCUT2D eigenvalue weighted by molar-refractivity contribution is 14.0. The number of hydrogen-bond acceptors (Lipinski definition) is 4. The van der Waals surface area contributed by atoms with Crippen molar-refractivity contribution in [3.8, 4) is 0 Å². The largest absolute Gasteiger partial charge is 0.379 e. The van der Waals surface area contributed by atoms with Gasteiger partial charge in [0.05, 0.1) is 32.5 Å². The van der Waals surface area contributed by atoms with E-state index >= 15 is 0 Å². The lowest BCUT2D eigenvalue weighted by Gasteiger charge is -2.41. The van der Waals surface area contributed by atoms with Gasteiger partial charge in [-0.25, -0.2) is 4.99 Å². The van der Waals surface area contributed by atoms with Crippen molar-refractivity contribution in [1.82, 2.24) is 15.5 Å². The molecule has 1 saturated heterocycles. The highest BCUT2D eigenvalue weighted by Crippen LogP contribution is 2.15. The average molecular weight is 518 g/mol. The number of halogens is 1. The molecule has 1 aromatic rings. The Balaban J connectivity index is 0.00000420. The Hall–Kier alpha value is -0.900. The Labute approximate surface area is 193 Å². The van der Waals surface area contributed by atoms with Crippen molar-refractivity contribution in [3.05, 3.63) is 35.4 Å². The summed E-state index contributed by atoms with van der Waals surface area (Å²) in [5, 5.41) is 6.87. The normalized spacial score (nSPS) is 15.9. The molecule has 1 aliphatic rings. The van der Waals surface area contributed by atoms with Crippen LogP contribution < -0.4 is 10.6 Å². The van der Waals surface area contributed by atoms with Gasteiger partial charge in [0.1, 0.15) is 0 Å². The molecule has 2 N–H and O–H groups in total. The van der Waals surface area contributed by atoms with E-state index in [2.05, 4.69) is 74.4 Å². The minimum absolute atomic E-state index is 0. The molecule has 7 heteroatoms. The first-order valence-corrected chi connectivity index (χ1v) is 10.4. The molecule has 0 aliphatic carbocycles. The molecule has 0 unspecified atom stereocenters. The van der Waals surface area contributed by atoms with Gasteiger partial charge in [-0.2, -0.15) is 0 Å². The van der Waals surface area contributed by atoms with E-state index in [1.54, 1.807) is 0 Å². The Morgan fingerprint density at radius 2 is 1.90 bits per heavy atom. The van der Waals surface area contributed by atoms with Crippen LogP contribution in [0.25, 0.3) is 0 Å². The number of aliphatic imine (C=N–C) groups is 1. The van der Waals surface area contributed by atoms with E-state index in [4.69, 9.17) is 14.5 Å². The van der Waals surface area contributed by atoms with Crippen LogP contribution in [0.5, 0.6) is 0 Å². The smallest absolute Gasteiger partial charge is 0.191 e. The third-order valence-corrected chi connectivity index (χ3v) is 4.89. The van der Waals surface area contributed by atoms with Crippen LogP contribution in [0, 0.1) is 0 Å². The van der Waals surface area contributed by atoms with Gasteiger partial charge in [0.2, 0.25) is 0 Å². The van der Waals surface area contributed by atoms with Crippen molar-refractivity contribution in [3.63, 3.8) is 0 Å². The summed E-state index contributed by atoms with van der Waals surface area (Å²) in [6, 6.07) is 8.46. The van der Waals surface area contributed by atoms with Crippen LogP contribution in [0.3, 0.4) is 0 Å². The summed E-state index contributed by atoms with van der Waals surface area (Å²) in [4.78, 5) is 7.26. The third-order valence-electron chi connectivity index (χ3n) is 4.89. The quantitative estimate of drug-likeness (QED) is 0.298. The lowest BCUT2D eigenvalue weighted by atomic mass is 10.0. The van der Waals surface area contributed by atoms with Crippen LogP contribution in [0.2, 0.25) is 0 Å². The van der Waals surface area contributed by atoms with Crippen LogP contribution in [-0.4, -0.2) is 61.9 Å². The zero-order chi connectivity index (χ0) is 20.4. The molecule has 29 heavy (non-hydrogen) atoms. The fourth-order valence-electron chi connectivity index (χ4n) is 3.17. The molecule has 0 aromatic heterocycles. The lowest BCUT2D eigenvalue weighted by molar-refractivity contribution is -0.00834. The van der Waals surface area contributed by atoms with E-state index in [9.17, 15) is 0 Å². The van der Waals surface area contributed by atoms with Gasteiger partial charge in [-0.1, -0.05) is 24.3 Å². The molecule has 2 rings (SSSR count). The number of hydrogen-bond donors (Lipinski definition) is 2. The van der Waals surface area contributed by atoms with Crippen molar-refractivity contribution < 1.29 is 9.47 Å². The van der Waals surface area contributed by atoms with E-state index in [1.165, 1.54) is 11.1 Å². The molecule has 0 radical (unpaired) electrons. The summed E-state index contributed by atoms with van der Waals surface area (Å²) >= 11 is 0. The molecule has 166 valence electrons. The van der Waals surface area contributed by atoms with Gasteiger partial charge in [0, 0.05) is 31.7 Å². The second-order valence-corrected chi connectivity index (χ2v) is 8.14. The molecule has 0 saturated carbocycles. The molecule has 0 bridgehead atoms. The van der Waals surface area contributed by atoms with Crippen LogP contribution in [0.4, 0.5) is 0 Å². The van der Waals surface area contributed by atoms with Gasteiger partial charge < -0.3 is 20.1 Å². The fourth-order valence-corrected chi connectivity index (χ4v) is 3.17. The Morgan fingerprint density at radius 3 is 2.55 bits per heavy atom. The number of morpholine rings is 1. The van der Waals surface area contributed by atoms with Gasteiger partial charge in [0.15, 0.2) is 5.96 Å². The molecule has 6 nitrogen and oxygen atoms in total. The first-order valence-electron chi connectivity index (χ1n) is 10.4. The molecule has 1 heterocycles. The Kier molecular flexibility index (Phi) is 12.1. The van der Waals surface area contributed by atoms with Crippen molar-refractivity contribution in [2.24, 2.45) is 4.99 Å². The maximum absolute atomic E-state index is 5.71. The monoisotopic (exact) mass is 518 g/mol. The van der Waals surface area contributed by atoms with Crippen LogP contribution in [-0.2, 0) is 22.6 Å². The molecule has 1 fully saturated rings. The lowest BCUT2D eigenvalue weighted by Crippen LogP contribution is -2.56. The molecule has 0 amide bonds. The van der Waals surface area contributed by atoms with Gasteiger partial charge in [-0.15, -0.1) is 24.0 Å². The maximum Gasteiger partial charge on any atom is 0.191 e. The van der Waals surface area contributed by atoms with E-state index in [0.29, 0.717) is 13.2 Å². The summed E-state index contributed by atoms with van der Waals surface area (Å²) in [7, 11) is 0. The minimum Gasteiger partial charge on any atom is -0.379 e. The van der Waals surface area contributed by atoms with Crippen molar-refractivity contribution >= 4 is 29.9 Å². The highest BCUT2D eigenvalue weighted by atomic mass is 127. The predicted molar refractivity (Wildman–Crippen MR) is 131 cm³/mol. The van der Waals surface area contributed by atoms with Gasteiger partial charge >= 0.3 is 0 Å². The molecule has 1 aromatic carbocycles. The summed E-state index contributed by atoms with van der Waals surface area (Å²) in [5.41, 5.74) is 2.43. The topological polar surface area (TPSA) is 58.1 Å². The van der Waals surface area contributed by atoms with E-state index in [-0.39, 0.29) is 35.6 Å².